The van der Waals surface area contributed by atoms with Crippen LogP contribution in [-0.2, 0) is 4.79 Å². The fraction of sp³-hybridized carbons (Fsp3) is 0.357. The van der Waals surface area contributed by atoms with Crippen molar-refractivity contribution < 1.29 is 14.3 Å². The minimum absolute atomic E-state index is 0.535. The van der Waals surface area contributed by atoms with Crippen molar-refractivity contribution in [2.45, 2.75) is 26.9 Å². The topological polar surface area (TPSA) is 91.2 Å². The molecule has 0 bridgehead atoms. The maximum atomic E-state index is 11.7. The van der Waals surface area contributed by atoms with E-state index in [1.165, 1.54) is 7.05 Å². The van der Waals surface area contributed by atoms with E-state index in [0.29, 0.717) is 11.3 Å². The first-order chi connectivity index (χ1) is 9.38. The minimum Gasteiger partial charge on any atom is -0.480 e. The number of amides is 3. The van der Waals surface area contributed by atoms with E-state index in [-0.39, 0.29) is 0 Å². The fourth-order valence-electron chi connectivity index (χ4n) is 1.71. The molecule has 0 fully saturated rings. The van der Waals surface area contributed by atoms with Gasteiger partial charge >= 0.3 is 6.03 Å². The van der Waals surface area contributed by atoms with E-state index in [9.17, 15) is 9.59 Å². The lowest BCUT2D eigenvalue weighted by molar-refractivity contribution is -0.126. The highest BCUT2D eigenvalue weighted by molar-refractivity contribution is 5.96. The van der Waals surface area contributed by atoms with Crippen molar-refractivity contribution in [1.82, 2.24) is 10.6 Å². The second kappa shape index (κ2) is 6.57. The second-order valence-corrected chi connectivity index (χ2v) is 4.38. The van der Waals surface area contributed by atoms with Crippen LogP contribution in [-0.4, -0.2) is 25.1 Å². The average Bonchev–Trinajstić information content (AvgIpc) is 2.41. The molecule has 3 amide bonds. The first-order valence-electron chi connectivity index (χ1n) is 6.09. The van der Waals surface area contributed by atoms with Gasteiger partial charge in [0.15, 0.2) is 6.10 Å². The Morgan fingerprint density at radius 1 is 1.30 bits per heavy atom. The van der Waals surface area contributed by atoms with Gasteiger partial charge in [-0.2, -0.15) is 5.26 Å². The minimum atomic E-state index is -0.822. The number of carbonyl (C=O) groups excluding carboxylic acids is 2. The summed E-state index contributed by atoms with van der Waals surface area (Å²) < 4.78 is 5.58. The Kier molecular flexibility index (Phi) is 5.09. The fourth-order valence-corrected chi connectivity index (χ4v) is 1.71. The Morgan fingerprint density at radius 2 is 1.85 bits per heavy atom. The van der Waals surface area contributed by atoms with Gasteiger partial charge in [-0.25, -0.2) is 4.79 Å². The van der Waals surface area contributed by atoms with Crippen LogP contribution in [0, 0.1) is 25.2 Å². The van der Waals surface area contributed by atoms with Crippen molar-refractivity contribution in [3.05, 3.63) is 28.8 Å². The molecule has 1 aromatic carbocycles. The van der Waals surface area contributed by atoms with Gasteiger partial charge in [-0.1, -0.05) is 0 Å². The SMILES string of the molecule is CNC(=O)NC(=O)C(C)Oc1c(C)cc(C#N)cc1C. The molecule has 2 N–H and O–H groups in total. The van der Waals surface area contributed by atoms with Crippen LogP contribution in [0.1, 0.15) is 23.6 Å². The molecule has 0 heterocycles. The Labute approximate surface area is 117 Å². The zero-order valence-corrected chi connectivity index (χ0v) is 11.9. The van der Waals surface area contributed by atoms with E-state index < -0.39 is 18.0 Å². The summed E-state index contributed by atoms with van der Waals surface area (Å²) in [6.07, 6.45) is -0.822. The molecular formula is C14H17N3O3. The number of imide groups is 1. The lowest BCUT2D eigenvalue weighted by Crippen LogP contribution is -2.44. The highest BCUT2D eigenvalue weighted by atomic mass is 16.5. The van der Waals surface area contributed by atoms with Crippen molar-refractivity contribution in [2.24, 2.45) is 0 Å². The summed E-state index contributed by atoms with van der Waals surface area (Å²) >= 11 is 0. The summed E-state index contributed by atoms with van der Waals surface area (Å²) in [5.41, 5.74) is 2.07. The van der Waals surface area contributed by atoms with Crippen LogP contribution < -0.4 is 15.4 Å². The molecule has 0 spiro atoms. The van der Waals surface area contributed by atoms with Crippen LogP contribution in [0.25, 0.3) is 0 Å². The van der Waals surface area contributed by atoms with Gasteiger partial charge in [0, 0.05) is 7.05 Å². The quantitative estimate of drug-likeness (QED) is 0.872. The number of hydrogen-bond acceptors (Lipinski definition) is 4. The van der Waals surface area contributed by atoms with Crippen LogP contribution in [0.2, 0.25) is 0 Å². The predicted molar refractivity (Wildman–Crippen MR) is 73.3 cm³/mol. The molecule has 106 valence electrons. The van der Waals surface area contributed by atoms with Gasteiger partial charge in [0.25, 0.3) is 5.91 Å². The van der Waals surface area contributed by atoms with Gasteiger partial charge in [-0.15, -0.1) is 0 Å². The molecule has 1 atom stereocenters. The number of ether oxygens (including phenoxy) is 1. The summed E-state index contributed by atoms with van der Waals surface area (Å²) in [7, 11) is 1.42. The van der Waals surface area contributed by atoms with Crippen LogP contribution >= 0.6 is 0 Å². The Bertz CT molecular complexity index is 553. The third-order valence-corrected chi connectivity index (χ3v) is 2.72. The number of nitrogens with one attached hydrogen (secondary N) is 2. The third-order valence-electron chi connectivity index (χ3n) is 2.72. The smallest absolute Gasteiger partial charge is 0.321 e. The molecule has 0 radical (unpaired) electrons. The van der Waals surface area contributed by atoms with E-state index in [4.69, 9.17) is 10.00 Å². The molecule has 0 saturated carbocycles. The van der Waals surface area contributed by atoms with Gasteiger partial charge in [-0.3, -0.25) is 10.1 Å². The molecule has 0 aromatic heterocycles. The van der Waals surface area contributed by atoms with E-state index >= 15 is 0 Å². The number of nitrogens with zero attached hydrogens (tertiary/aromatic N) is 1. The molecule has 1 aromatic rings. The number of urea groups is 1. The van der Waals surface area contributed by atoms with Gasteiger partial charge in [0.2, 0.25) is 0 Å². The van der Waals surface area contributed by atoms with Crippen molar-refractivity contribution >= 4 is 11.9 Å². The lowest BCUT2D eigenvalue weighted by Gasteiger charge is -2.17. The number of hydrogen-bond donors (Lipinski definition) is 2. The number of nitriles is 1. The maximum Gasteiger partial charge on any atom is 0.321 e. The van der Waals surface area contributed by atoms with Crippen molar-refractivity contribution in [2.75, 3.05) is 7.05 Å². The summed E-state index contributed by atoms with van der Waals surface area (Å²) in [4.78, 5) is 22.8. The molecular weight excluding hydrogens is 258 g/mol. The van der Waals surface area contributed by atoms with Crippen molar-refractivity contribution in [3.8, 4) is 11.8 Å². The first kappa shape index (κ1) is 15.5. The monoisotopic (exact) mass is 275 g/mol. The number of aryl methyl sites for hydroxylation is 2. The van der Waals surface area contributed by atoms with E-state index in [1.54, 1.807) is 32.9 Å². The first-order valence-corrected chi connectivity index (χ1v) is 6.09. The van der Waals surface area contributed by atoms with E-state index in [1.807, 2.05) is 0 Å². The van der Waals surface area contributed by atoms with Crippen LogP contribution in [0.4, 0.5) is 4.79 Å². The van der Waals surface area contributed by atoms with Crippen molar-refractivity contribution in [3.63, 3.8) is 0 Å². The molecule has 6 nitrogen and oxygen atoms in total. The lowest BCUT2D eigenvalue weighted by atomic mass is 10.1. The van der Waals surface area contributed by atoms with Crippen LogP contribution in [0.3, 0.4) is 0 Å². The maximum absolute atomic E-state index is 11.7. The molecule has 0 aliphatic rings. The Hall–Kier alpha value is -2.55. The summed E-state index contributed by atoms with van der Waals surface area (Å²) in [5.74, 6) is 0.0102. The van der Waals surface area contributed by atoms with Crippen LogP contribution in [0.15, 0.2) is 12.1 Å². The Morgan fingerprint density at radius 3 is 2.30 bits per heavy atom. The molecule has 20 heavy (non-hydrogen) atoms. The van der Waals surface area contributed by atoms with Gasteiger partial charge in [-0.05, 0) is 44.0 Å². The zero-order valence-electron chi connectivity index (χ0n) is 11.9. The zero-order chi connectivity index (χ0) is 15.3. The highest BCUT2D eigenvalue weighted by Gasteiger charge is 2.19. The van der Waals surface area contributed by atoms with Gasteiger partial charge in [0.05, 0.1) is 11.6 Å². The summed E-state index contributed by atoms with van der Waals surface area (Å²) in [6.45, 7) is 5.15. The van der Waals surface area contributed by atoms with E-state index in [2.05, 4.69) is 16.7 Å². The molecule has 0 aliphatic carbocycles. The molecule has 6 heteroatoms. The normalized spacial score (nSPS) is 11.2. The number of benzene rings is 1. The highest BCUT2D eigenvalue weighted by Crippen LogP contribution is 2.25. The average molecular weight is 275 g/mol. The molecule has 0 aliphatic heterocycles. The van der Waals surface area contributed by atoms with Gasteiger partial charge in [0.1, 0.15) is 5.75 Å². The van der Waals surface area contributed by atoms with Crippen LogP contribution in [0.5, 0.6) is 5.75 Å². The Balaban J connectivity index is 2.86. The third kappa shape index (κ3) is 3.72. The largest absolute Gasteiger partial charge is 0.480 e. The van der Waals surface area contributed by atoms with Gasteiger partial charge < -0.3 is 10.1 Å². The summed E-state index contributed by atoms with van der Waals surface area (Å²) in [6, 6.07) is 4.85. The van der Waals surface area contributed by atoms with E-state index in [0.717, 1.165) is 11.1 Å². The number of rotatable bonds is 3. The molecule has 1 rings (SSSR count). The molecule has 1 unspecified atom stereocenters. The second-order valence-electron chi connectivity index (χ2n) is 4.38. The number of carbonyl (C=O) groups is 2. The predicted octanol–water partition coefficient (Wildman–Crippen LogP) is 1.40. The van der Waals surface area contributed by atoms with Crippen molar-refractivity contribution in [1.29, 1.82) is 5.26 Å². The standard InChI is InChI=1S/C14H17N3O3/c1-8-5-11(7-15)6-9(2)12(8)20-10(3)13(18)17-14(19)16-4/h5-6,10H,1-4H3,(H2,16,17,18,19). The summed E-state index contributed by atoms with van der Waals surface area (Å²) in [5, 5.41) is 13.3. The molecule has 0 saturated heterocycles.